The largest absolute Gasteiger partial charge is 0.416 e. The molecule has 1 saturated carbocycles. The van der Waals surface area contributed by atoms with Crippen molar-refractivity contribution in [3.63, 3.8) is 0 Å². The highest BCUT2D eigenvalue weighted by Crippen LogP contribution is 2.44. The fourth-order valence-corrected chi connectivity index (χ4v) is 4.17. The number of nitrogens with zero attached hydrogens (tertiary/aromatic N) is 2. The Balaban J connectivity index is 1.62. The van der Waals surface area contributed by atoms with Gasteiger partial charge in [-0.1, -0.05) is 23.7 Å². The van der Waals surface area contributed by atoms with Crippen LogP contribution < -0.4 is 4.90 Å². The number of carbonyl (C=O) groups is 2. The second-order valence-corrected chi connectivity index (χ2v) is 7.98. The van der Waals surface area contributed by atoms with Crippen molar-refractivity contribution in [2.24, 2.45) is 0 Å². The summed E-state index contributed by atoms with van der Waals surface area (Å²) in [6, 6.07) is 8.40. The average molecular weight is 441 g/mol. The first kappa shape index (κ1) is 20.7. The highest BCUT2D eigenvalue weighted by molar-refractivity contribution is 6.30. The molecule has 0 bridgehead atoms. The van der Waals surface area contributed by atoms with Crippen LogP contribution in [0.2, 0.25) is 5.02 Å². The van der Waals surface area contributed by atoms with E-state index < -0.39 is 23.1 Å². The predicted octanol–water partition coefficient (Wildman–Crippen LogP) is 4.80. The molecule has 2 fully saturated rings. The maximum absolute atomic E-state index is 14.4. The lowest BCUT2D eigenvalue weighted by Gasteiger charge is -2.54. The molecule has 1 heterocycles. The van der Waals surface area contributed by atoms with Gasteiger partial charge in [-0.25, -0.2) is 4.39 Å². The van der Waals surface area contributed by atoms with Crippen LogP contribution in [0.3, 0.4) is 0 Å². The summed E-state index contributed by atoms with van der Waals surface area (Å²) in [5.41, 5.74) is -1.42. The summed E-state index contributed by atoms with van der Waals surface area (Å²) in [5, 5.41) is 0.175. The fraction of sp³-hybridized carbons (Fsp3) is 0.333. The van der Waals surface area contributed by atoms with Gasteiger partial charge < -0.3 is 4.90 Å². The van der Waals surface area contributed by atoms with Gasteiger partial charge in [-0.3, -0.25) is 14.5 Å². The molecule has 2 aliphatic rings. The van der Waals surface area contributed by atoms with Crippen molar-refractivity contribution in [2.75, 3.05) is 11.4 Å². The summed E-state index contributed by atoms with van der Waals surface area (Å²) in [5.74, 6) is -1.47. The molecular weight excluding hydrogens is 424 g/mol. The Hall–Kier alpha value is -2.61. The molecule has 2 amide bonds. The summed E-state index contributed by atoms with van der Waals surface area (Å²) in [7, 11) is 0. The molecule has 1 aliphatic carbocycles. The van der Waals surface area contributed by atoms with E-state index in [1.54, 1.807) is 0 Å². The molecule has 1 aliphatic heterocycles. The first-order chi connectivity index (χ1) is 14.1. The van der Waals surface area contributed by atoms with E-state index in [4.69, 9.17) is 11.6 Å². The minimum absolute atomic E-state index is 0.0135. The Morgan fingerprint density at radius 1 is 1.03 bits per heavy atom. The van der Waals surface area contributed by atoms with Crippen LogP contribution in [0.25, 0.3) is 0 Å². The lowest BCUT2D eigenvalue weighted by molar-refractivity contribution is -0.158. The first-order valence-electron chi connectivity index (χ1n) is 9.35. The van der Waals surface area contributed by atoms with Crippen LogP contribution in [0.4, 0.5) is 23.2 Å². The molecule has 1 saturated heterocycles. The van der Waals surface area contributed by atoms with Crippen molar-refractivity contribution in [1.82, 2.24) is 4.90 Å². The zero-order valence-corrected chi connectivity index (χ0v) is 16.4. The molecule has 9 heteroatoms. The Morgan fingerprint density at radius 3 is 2.23 bits per heavy atom. The number of amides is 2. The molecule has 2 aromatic rings. The van der Waals surface area contributed by atoms with Crippen LogP contribution in [0, 0.1) is 5.82 Å². The smallest absolute Gasteiger partial charge is 0.322 e. The van der Waals surface area contributed by atoms with Crippen molar-refractivity contribution in [2.45, 2.75) is 37.5 Å². The van der Waals surface area contributed by atoms with Crippen LogP contribution in [0.15, 0.2) is 42.5 Å². The summed E-state index contributed by atoms with van der Waals surface area (Å²) >= 11 is 5.78. The Bertz CT molecular complexity index is 1000. The van der Waals surface area contributed by atoms with E-state index in [0.29, 0.717) is 18.4 Å². The predicted molar refractivity (Wildman–Crippen MR) is 102 cm³/mol. The molecular formula is C21H17ClF4N2O2. The second-order valence-electron chi connectivity index (χ2n) is 7.55. The van der Waals surface area contributed by atoms with Crippen LogP contribution in [0.1, 0.15) is 30.4 Å². The maximum Gasteiger partial charge on any atom is 0.416 e. The first-order valence-corrected chi connectivity index (χ1v) is 9.73. The number of anilines is 1. The number of halogens is 5. The quantitative estimate of drug-likeness (QED) is 0.643. The van der Waals surface area contributed by atoms with E-state index in [1.807, 2.05) is 0 Å². The van der Waals surface area contributed by atoms with Gasteiger partial charge in [0, 0.05) is 11.6 Å². The van der Waals surface area contributed by atoms with Crippen molar-refractivity contribution < 1.29 is 27.2 Å². The number of piperazine rings is 1. The van der Waals surface area contributed by atoms with Crippen LogP contribution in [-0.4, -0.2) is 28.8 Å². The van der Waals surface area contributed by atoms with Gasteiger partial charge in [0.25, 0.3) is 5.91 Å². The van der Waals surface area contributed by atoms with Gasteiger partial charge in [-0.2, -0.15) is 13.2 Å². The molecule has 0 atom stereocenters. The van der Waals surface area contributed by atoms with Crippen LogP contribution in [0.5, 0.6) is 0 Å². The zero-order chi connectivity index (χ0) is 21.7. The molecule has 30 heavy (non-hydrogen) atoms. The third-order valence-electron chi connectivity index (χ3n) is 5.76. The minimum atomic E-state index is -4.45. The number of benzene rings is 2. The van der Waals surface area contributed by atoms with E-state index in [9.17, 15) is 27.2 Å². The van der Waals surface area contributed by atoms with Gasteiger partial charge >= 0.3 is 6.18 Å². The van der Waals surface area contributed by atoms with Gasteiger partial charge in [0.1, 0.15) is 17.9 Å². The Morgan fingerprint density at radius 2 is 1.70 bits per heavy atom. The van der Waals surface area contributed by atoms with Crippen LogP contribution >= 0.6 is 11.6 Å². The topological polar surface area (TPSA) is 40.6 Å². The summed E-state index contributed by atoms with van der Waals surface area (Å²) in [6.07, 6.45) is -2.89. The molecule has 0 unspecified atom stereocenters. The third-order valence-corrected chi connectivity index (χ3v) is 5.99. The summed E-state index contributed by atoms with van der Waals surface area (Å²) < 4.78 is 52.8. The van der Waals surface area contributed by atoms with Gasteiger partial charge in [-0.15, -0.1) is 0 Å². The molecule has 0 aromatic heterocycles. The molecule has 1 spiro atoms. The number of hydrogen-bond acceptors (Lipinski definition) is 2. The lowest BCUT2D eigenvalue weighted by atomic mass is 9.72. The molecule has 0 radical (unpaired) electrons. The van der Waals surface area contributed by atoms with Crippen molar-refractivity contribution in [3.8, 4) is 0 Å². The van der Waals surface area contributed by atoms with Crippen LogP contribution in [-0.2, 0) is 22.3 Å². The van der Waals surface area contributed by atoms with Gasteiger partial charge in [-0.05, 0) is 55.2 Å². The normalized spacial score (nSPS) is 18.7. The zero-order valence-electron chi connectivity index (χ0n) is 15.7. The molecule has 4 nitrogen and oxygen atoms in total. The van der Waals surface area contributed by atoms with Gasteiger partial charge in [0.2, 0.25) is 5.91 Å². The van der Waals surface area contributed by atoms with E-state index in [2.05, 4.69) is 0 Å². The Kier molecular flexibility index (Phi) is 5.00. The summed E-state index contributed by atoms with van der Waals surface area (Å²) in [4.78, 5) is 28.8. The van der Waals surface area contributed by atoms with E-state index >= 15 is 0 Å². The summed E-state index contributed by atoms with van der Waals surface area (Å²) in [6.45, 7) is -0.334. The lowest BCUT2D eigenvalue weighted by Crippen LogP contribution is -2.70. The van der Waals surface area contributed by atoms with Gasteiger partial charge in [0.15, 0.2) is 0 Å². The SMILES string of the molecule is O=C1CN(c2ccc(Cl)cc2F)C(=O)C2(CCC2)N1Cc1ccc(C(F)(F)F)cc1. The van der Waals surface area contributed by atoms with Crippen molar-refractivity contribution in [3.05, 3.63) is 64.4 Å². The fourth-order valence-electron chi connectivity index (χ4n) is 4.01. The van der Waals surface area contributed by atoms with Crippen molar-refractivity contribution in [1.29, 1.82) is 0 Å². The van der Waals surface area contributed by atoms with E-state index in [1.165, 1.54) is 29.2 Å². The molecule has 158 valence electrons. The second kappa shape index (κ2) is 7.27. The van der Waals surface area contributed by atoms with Crippen molar-refractivity contribution >= 4 is 29.1 Å². The highest BCUT2D eigenvalue weighted by Gasteiger charge is 2.56. The monoisotopic (exact) mass is 440 g/mol. The molecule has 4 rings (SSSR count). The third kappa shape index (κ3) is 3.43. The minimum Gasteiger partial charge on any atom is -0.322 e. The molecule has 2 aromatic carbocycles. The van der Waals surface area contributed by atoms with E-state index in [0.717, 1.165) is 29.5 Å². The number of carbonyl (C=O) groups excluding carboxylic acids is 2. The highest BCUT2D eigenvalue weighted by atomic mass is 35.5. The van der Waals surface area contributed by atoms with Gasteiger partial charge in [0.05, 0.1) is 11.3 Å². The molecule has 0 N–H and O–H groups in total. The average Bonchev–Trinajstić information content (AvgIpc) is 2.63. The number of alkyl halides is 3. The standard InChI is InChI=1S/C21H17ClF4N2O2/c22-15-6-7-17(16(23)10-15)27-12-18(29)28(20(19(27)30)8-1-9-20)11-13-2-4-14(5-3-13)21(24,25)26/h2-7,10H,1,8-9,11-12H2. The van der Waals surface area contributed by atoms with E-state index in [-0.39, 0.29) is 35.6 Å². The Labute approximate surface area is 175 Å². The maximum atomic E-state index is 14.4. The number of rotatable bonds is 3. The number of hydrogen-bond donors (Lipinski definition) is 0.